The molecule has 0 radical (unpaired) electrons. The molecule has 2 aromatic carbocycles. The molecule has 1 atom stereocenters. The van der Waals surface area contributed by atoms with E-state index in [-0.39, 0.29) is 19.0 Å². The van der Waals surface area contributed by atoms with Crippen LogP contribution in [0.1, 0.15) is 18.1 Å². The molecule has 0 spiro atoms. The van der Waals surface area contributed by atoms with Crippen molar-refractivity contribution in [2.24, 2.45) is 0 Å². The zero-order valence-corrected chi connectivity index (χ0v) is 18.8. The zero-order chi connectivity index (χ0) is 23.5. The molecule has 1 saturated heterocycles. The van der Waals surface area contributed by atoms with Gasteiger partial charge in [0.15, 0.2) is 0 Å². The first-order valence-corrected chi connectivity index (χ1v) is 9.97. The third-order valence-corrected chi connectivity index (χ3v) is 5.56. The predicted molar refractivity (Wildman–Crippen MR) is 117 cm³/mol. The van der Waals surface area contributed by atoms with Crippen LogP contribution in [0.15, 0.2) is 42.5 Å². The number of benzene rings is 2. The third-order valence-electron chi connectivity index (χ3n) is 5.56. The van der Waals surface area contributed by atoms with Gasteiger partial charge in [-0.1, -0.05) is 12.1 Å². The SMILES string of the molecule is COc1ccc(C2(C)NC(=O)N(CC(=O)N(C)Cc3ccc(OC)cc3OC)C2=O)cc1. The van der Waals surface area contributed by atoms with Crippen LogP contribution in [0.3, 0.4) is 0 Å². The van der Waals surface area contributed by atoms with Crippen LogP contribution >= 0.6 is 0 Å². The van der Waals surface area contributed by atoms with E-state index in [1.807, 2.05) is 0 Å². The minimum Gasteiger partial charge on any atom is -0.497 e. The zero-order valence-electron chi connectivity index (χ0n) is 18.8. The second kappa shape index (κ2) is 9.17. The number of nitrogens with zero attached hydrogens (tertiary/aromatic N) is 2. The van der Waals surface area contributed by atoms with Gasteiger partial charge in [-0.25, -0.2) is 4.79 Å². The molecule has 3 rings (SSSR count). The normalized spacial score (nSPS) is 17.7. The molecular formula is C23H27N3O6. The van der Waals surface area contributed by atoms with Crippen LogP contribution in [0, 0.1) is 0 Å². The fraction of sp³-hybridized carbons (Fsp3) is 0.348. The van der Waals surface area contributed by atoms with Gasteiger partial charge in [0.25, 0.3) is 5.91 Å². The molecule has 0 bridgehead atoms. The Bertz CT molecular complexity index is 1020. The molecule has 2 aromatic rings. The lowest BCUT2D eigenvalue weighted by atomic mass is 9.92. The van der Waals surface area contributed by atoms with E-state index in [4.69, 9.17) is 14.2 Å². The molecule has 1 N–H and O–H groups in total. The molecule has 0 aliphatic carbocycles. The largest absolute Gasteiger partial charge is 0.497 e. The molecule has 1 fully saturated rings. The monoisotopic (exact) mass is 441 g/mol. The first-order valence-electron chi connectivity index (χ1n) is 9.97. The fourth-order valence-electron chi connectivity index (χ4n) is 3.54. The van der Waals surface area contributed by atoms with Crippen LogP contribution in [0.2, 0.25) is 0 Å². The first kappa shape index (κ1) is 22.9. The van der Waals surface area contributed by atoms with Crippen LogP contribution in [0.25, 0.3) is 0 Å². The Morgan fingerprint density at radius 1 is 1.00 bits per heavy atom. The lowest BCUT2D eigenvalue weighted by molar-refractivity contribution is -0.138. The van der Waals surface area contributed by atoms with E-state index in [9.17, 15) is 14.4 Å². The van der Waals surface area contributed by atoms with Crippen molar-refractivity contribution in [2.45, 2.75) is 19.0 Å². The number of nitrogens with one attached hydrogen (secondary N) is 1. The minimum absolute atomic E-state index is 0.241. The van der Waals surface area contributed by atoms with Crippen molar-refractivity contribution >= 4 is 17.8 Å². The predicted octanol–water partition coefficient (Wildman–Crippen LogP) is 2.14. The summed E-state index contributed by atoms with van der Waals surface area (Å²) in [4.78, 5) is 40.8. The van der Waals surface area contributed by atoms with E-state index < -0.39 is 17.5 Å². The molecule has 9 heteroatoms. The lowest BCUT2D eigenvalue weighted by Gasteiger charge is -2.24. The number of methoxy groups -OCH3 is 3. The molecular weight excluding hydrogens is 414 g/mol. The standard InChI is InChI=1S/C23H27N3O6/c1-23(16-7-10-17(30-3)11-8-16)21(28)26(22(29)24-23)14-20(27)25(2)13-15-6-9-18(31-4)12-19(15)32-5/h6-12H,13-14H2,1-5H3,(H,24,29). The van der Waals surface area contributed by atoms with Crippen molar-refractivity contribution in [1.82, 2.24) is 15.1 Å². The van der Waals surface area contributed by atoms with Crippen molar-refractivity contribution in [3.05, 3.63) is 53.6 Å². The number of amides is 4. The molecule has 1 aliphatic rings. The van der Waals surface area contributed by atoms with Crippen LogP contribution in [0.4, 0.5) is 4.79 Å². The quantitative estimate of drug-likeness (QED) is 0.631. The molecule has 1 aliphatic heterocycles. The van der Waals surface area contributed by atoms with Crippen LogP contribution < -0.4 is 19.5 Å². The van der Waals surface area contributed by atoms with Gasteiger partial charge in [-0.3, -0.25) is 14.5 Å². The number of hydrogen-bond acceptors (Lipinski definition) is 6. The second-order valence-electron chi connectivity index (χ2n) is 7.60. The first-order chi connectivity index (χ1) is 15.2. The Kier molecular flexibility index (Phi) is 6.57. The number of ether oxygens (including phenoxy) is 3. The van der Waals surface area contributed by atoms with Gasteiger partial charge in [0.2, 0.25) is 5.91 Å². The maximum atomic E-state index is 13.1. The number of urea groups is 1. The Labute approximate surface area is 186 Å². The molecule has 170 valence electrons. The Balaban J connectivity index is 1.71. The average Bonchev–Trinajstić information content (AvgIpc) is 3.02. The second-order valence-corrected chi connectivity index (χ2v) is 7.60. The maximum absolute atomic E-state index is 13.1. The summed E-state index contributed by atoms with van der Waals surface area (Å²) in [5.74, 6) is 0.973. The van der Waals surface area contributed by atoms with E-state index in [0.717, 1.165) is 10.5 Å². The highest BCUT2D eigenvalue weighted by atomic mass is 16.5. The van der Waals surface area contributed by atoms with Crippen molar-refractivity contribution in [1.29, 1.82) is 0 Å². The molecule has 1 unspecified atom stereocenters. The summed E-state index contributed by atoms with van der Waals surface area (Å²) in [6, 6.07) is 11.5. The molecule has 32 heavy (non-hydrogen) atoms. The van der Waals surface area contributed by atoms with Crippen molar-refractivity contribution in [3.63, 3.8) is 0 Å². The number of imide groups is 1. The van der Waals surface area contributed by atoms with Gasteiger partial charge in [-0.2, -0.15) is 0 Å². The van der Waals surface area contributed by atoms with Crippen LogP contribution in [-0.4, -0.2) is 62.6 Å². The van der Waals surface area contributed by atoms with E-state index >= 15 is 0 Å². The van der Waals surface area contributed by atoms with Crippen molar-refractivity contribution in [2.75, 3.05) is 34.9 Å². The summed E-state index contributed by atoms with van der Waals surface area (Å²) in [5.41, 5.74) is 0.105. The van der Waals surface area contributed by atoms with Crippen LogP contribution in [0.5, 0.6) is 17.2 Å². The summed E-state index contributed by atoms with van der Waals surface area (Å²) >= 11 is 0. The highest BCUT2D eigenvalue weighted by Crippen LogP contribution is 2.30. The molecule has 9 nitrogen and oxygen atoms in total. The summed E-state index contributed by atoms with van der Waals surface area (Å²) in [5, 5.41) is 2.70. The van der Waals surface area contributed by atoms with Gasteiger partial charge in [0.1, 0.15) is 29.3 Å². The van der Waals surface area contributed by atoms with E-state index in [1.54, 1.807) is 70.7 Å². The minimum atomic E-state index is -1.26. The number of likely N-dealkylation sites (N-methyl/N-ethyl adjacent to an activating group) is 1. The number of hydrogen-bond donors (Lipinski definition) is 1. The van der Waals surface area contributed by atoms with Crippen molar-refractivity contribution < 1.29 is 28.6 Å². The van der Waals surface area contributed by atoms with Gasteiger partial charge in [-0.05, 0) is 36.8 Å². The van der Waals surface area contributed by atoms with Gasteiger partial charge in [0.05, 0.1) is 21.3 Å². The summed E-state index contributed by atoms with van der Waals surface area (Å²) in [6.45, 7) is 1.49. The Morgan fingerprint density at radius 2 is 1.62 bits per heavy atom. The average molecular weight is 441 g/mol. The lowest BCUT2D eigenvalue weighted by Crippen LogP contribution is -2.43. The summed E-state index contributed by atoms with van der Waals surface area (Å²) in [6.07, 6.45) is 0. The molecule has 1 heterocycles. The van der Waals surface area contributed by atoms with Crippen LogP contribution in [-0.2, 0) is 21.7 Å². The number of carbonyl (C=O) groups is 3. The summed E-state index contributed by atoms with van der Waals surface area (Å²) in [7, 11) is 6.24. The highest BCUT2D eigenvalue weighted by molar-refractivity contribution is 6.09. The third kappa shape index (κ3) is 4.32. The van der Waals surface area contributed by atoms with Gasteiger partial charge < -0.3 is 24.4 Å². The number of carbonyl (C=O) groups excluding carboxylic acids is 3. The molecule has 4 amide bonds. The van der Waals surface area contributed by atoms with Gasteiger partial charge in [0, 0.05) is 25.2 Å². The van der Waals surface area contributed by atoms with E-state index in [1.165, 1.54) is 12.0 Å². The molecule has 0 saturated carbocycles. The van der Waals surface area contributed by atoms with E-state index in [2.05, 4.69) is 5.32 Å². The topological polar surface area (TPSA) is 97.4 Å². The molecule has 0 aromatic heterocycles. The summed E-state index contributed by atoms with van der Waals surface area (Å²) < 4.78 is 15.7. The fourth-order valence-corrected chi connectivity index (χ4v) is 3.54. The van der Waals surface area contributed by atoms with Gasteiger partial charge in [-0.15, -0.1) is 0 Å². The Morgan fingerprint density at radius 3 is 2.22 bits per heavy atom. The maximum Gasteiger partial charge on any atom is 0.325 e. The van der Waals surface area contributed by atoms with Gasteiger partial charge >= 0.3 is 6.03 Å². The number of rotatable bonds is 8. The van der Waals surface area contributed by atoms with Crippen molar-refractivity contribution in [3.8, 4) is 17.2 Å². The smallest absolute Gasteiger partial charge is 0.325 e. The van der Waals surface area contributed by atoms with E-state index in [0.29, 0.717) is 22.8 Å². The highest BCUT2D eigenvalue weighted by Gasteiger charge is 2.49. The Hall–Kier alpha value is -3.75.